The second kappa shape index (κ2) is 8.45. The molecule has 0 aromatic heterocycles. The zero-order valence-electron chi connectivity index (χ0n) is 14.4. The standard InChI is InChI=1S/C19H17ClN2O4S/c1-26-15-8-2-12(3-9-15)11-22-17(23)10-16(18(24)25)27-19(22)21-14-6-4-13(20)5-7-14/h2-9,16H,10-11H2,1H3,(H,24,25)/p-1/t16-/m1/s1. The Bertz CT molecular complexity index is 868. The smallest absolute Gasteiger partial charge is 0.230 e. The van der Waals surface area contributed by atoms with Crippen LogP contribution in [0.4, 0.5) is 5.69 Å². The summed E-state index contributed by atoms with van der Waals surface area (Å²) in [5, 5.41) is 11.2. The molecule has 0 unspecified atom stereocenters. The van der Waals surface area contributed by atoms with E-state index in [9.17, 15) is 14.7 Å². The van der Waals surface area contributed by atoms with Gasteiger partial charge in [0.1, 0.15) is 5.75 Å². The third-order valence-electron chi connectivity index (χ3n) is 3.95. The van der Waals surface area contributed by atoms with Gasteiger partial charge < -0.3 is 14.6 Å². The highest BCUT2D eigenvalue weighted by Crippen LogP contribution is 2.30. The topological polar surface area (TPSA) is 82.0 Å². The molecule has 0 spiro atoms. The highest BCUT2D eigenvalue weighted by Gasteiger charge is 2.32. The number of hydrogen-bond donors (Lipinski definition) is 0. The van der Waals surface area contributed by atoms with E-state index in [4.69, 9.17) is 16.3 Å². The van der Waals surface area contributed by atoms with Crippen molar-refractivity contribution in [3.05, 3.63) is 59.1 Å². The Hall–Kier alpha value is -2.51. The number of amides is 1. The number of ether oxygens (including phenoxy) is 1. The number of aliphatic carboxylic acids is 1. The van der Waals surface area contributed by atoms with E-state index in [0.29, 0.717) is 21.6 Å². The Kier molecular flexibility index (Phi) is 6.03. The van der Waals surface area contributed by atoms with Crippen LogP contribution in [-0.4, -0.2) is 34.3 Å². The minimum Gasteiger partial charge on any atom is -0.549 e. The predicted molar refractivity (Wildman–Crippen MR) is 103 cm³/mol. The molecule has 2 aromatic carbocycles. The summed E-state index contributed by atoms with van der Waals surface area (Å²) in [6.07, 6.45) is -0.136. The third-order valence-corrected chi connectivity index (χ3v) is 5.37. The fourth-order valence-corrected chi connectivity index (χ4v) is 3.68. The Morgan fingerprint density at radius 3 is 2.52 bits per heavy atom. The van der Waals surface area contributed by atoms with Gasteiger partial charge >= 0.3 is 0 Å². The molecule has 1 atom stereocenters. The van der Waals surface area contributed by atoms with Crippen LogP contribution in [0.5, 0.6) is 5.75 Å². The summed E-state index contributed by atoms with van der Waals surface area (Å²) in [7, 11) is 1.58. The maximum atomic E-state index is 12.6. The van der Waals surface area contributed by atoms with Crippen molar-refractivity contribution in [2.24, 2.45) is 4.99 Å². The van der Waals surface area contributed by atoms with E-state index in [1.807, 2.05) is 12.1 Å². The van der Waals surface area contributed by atoms with Crippen LogP contribution in [0.2, 0.25) is 5.02 Å². The molecule has 1 aliphatic rings. The fraction of sp³-hybridized carbons (Fsp3) is 0.211. The lowest BCUT2D eigenvalue weighted by Gasteiger charge is -2.32. The number of carboxylic acid groups (broad SMARTS) is 1. The number of rotatable bonds is 5. The summed E-state index contributed by atoms with van der Waals surface area (Å²) in [6, 6.07) is 14.1. The number of halogens is 1. The van der Waals surface area contributed by atoms with Crippen LogP contribution in [0.15, 0.2) is 53.5 Å². The van der Waals surface area contributed by atoms with Gasteiger partial charge in [0.15, 0.2) is 5.17 Å². The first-order valence-electron chi connectivity index (χ1n) is 8.11. The molecule has 0 bridgehead atoms. The van der Waals surface area contributed by atoms with Gasteiger partial charge in [0.2, 0.25) is 5.91 Å². The first kappa shape index (κ1) is 19.3. The third kappa shape index (κ3) is 4.81. The fourth-order valence-electron chi connectivity index (χ4n) is 2.52. The number of carbonyl (C=O) groups excluding carboxylic acids is 2. The van der Waals surface area contributed by atoms with Gasteiger partial charge in [-0.3, -0.25) is 9.69 Å². The largest absolute Gasteiger partial charge is 0.549 e. The molecule has 2 aromatic rings. The lowest BCUT2D eigenvalue weighted by molar-refractivity contribution is -0.304. The van der Waals surface area contributed by atoms with Gasteiger partial charge in [-0.25, -0.2) is 4.99 Å². The van der Waals surface area contributed by atoms with Gasteiger partial charge in [-0.15, -0.1) is 0 Å². The molecule has 140 valence electrons. The van der Waals surface area contributed by atoms with Crippen molar-refractivity contribution in [1.29, 1.82) is 0 Å². The van der Waals surface area contributed by atoms with Crippen LogP contribution in [0.25, 0.3) is 0 Å². The maximum Gasteiger partial charge on any atom is 0.230 e. The number of hydrogen-bond acceptors (Lipinski definition) is 6. The van der Waals surface area contributed by atoms with Crippen molar-refractivity contribution < 1.29 is 19.4 Å². The van der Waals surface area contributed by atoms with Crippen LogP contribution in [-0.2, 0) is 16.1 Å². The highest BCUT2D eigenvalue weighted by atomic mass is 35.5. The molecule has 1 amide bonds. The number of carboxylic acids is 1. The average molecular weight is 404 g/mol. The van der Waals surface area contributed by atoms with Gasteiger partial charge in [-0.05, 0) is 42.0 Å². The zero-order valence-corrected chi connectivity index (χ0v) is 16.0. The molecule has 0 N–H and O–H groups in total. The van der Waals surface area contributed by atoms with Crippen LogP contribution in [0, 0.1) is 0 Å². The summed E-state index contributed by atoms with van der Waals surface area (Å²) >= 11 is 6.90. The number of methoxy groups -OCH3 is 1. The first-order chi connectivity index (χ1) is 13.0. The molecule has 3 rings (SSSR count). The van der Waals surface area contributed by atoms with Crippen molar-refractivity contribution >= 4 is 46.1 Å². The van der Waals surface area contributed by atoms with Gasteiger partial charge in [-0.1, -0.05) is 35.5 Å². The summed E-state index contributed by atoms with van der Waals surface area (Å²) in [5.41, 5.74) is 1.45. The molecule has 1 fully saturated rings. The van der Waals surface area contributed by atoms with Gasteiger partial charge in [0.05, 0.1) is 30.6 Å². The number of amidine groups is 1. The lowest BCUT2D eigenvalue weighted by Crippen LogP contribution is -2.47. The van der Waals surface area contributed by atoms with Crippen LogP contribution in [0.3, 0.4) is 0 Å². The van der Waals surface area contributed by atoms with E-state index < -0.39 is 11.2 Å². The molecule has 0 saturated carbocycles. The molecule has 1 saturated heterocycles. The van der Waals surface area contributed by atoms with E-state index >= 15 is 0 Å². The first-order valence-corrected chi connectivity index (χ1v) is 9.37. The average Bonchev–Trinajstić information content (AvgIpc) is 2.66. The highest BCUT2D eigenvalue weighted by molar-refractivity contribution is 8.15. The van der Waals surface area contributed by atoms with Gasteiger partial charge in [0.25, 0.3) is 0 Å². The zero-order chi connectivity index (χ0) is 19.4. The molecule has 8 heteroatoms. The molecule has 1 heterocycles. The summed E-state index contributed by atoms with van der Waals surface area (Å²) in [4.78, 5) is 29.8. The summed E-state index contributed by atoms with van der Waals surface area (Å²) in [5.74, 6) is -0.877. The van der Waals surface area contributed by atoms with Crippen molar-refractivity contribution in [2.45, 2.75) is 18.2 Å². The van der Waals surface area contributed by atoms with E-state index in [0.717, 1.165) is 17.3 Å². The molecular weight excluding hydrogens is 388 g/mol. The Morgan fingerprint density at radius 2 is 1.93 bits per heavy atom. The Balaban J connectivity index is 1.90. The SMILES string of the molecule is COc1ccc(CN2C(=O)C[C@H](C(=O)[O-])SC2=Nc2ccc(Cl)cc2)cc1. The second-order valence-corrected chi connectivity index (χ2v) is 7.43. The number of carbonyl (C=O) groups is 2. The monoisotopic (exact) mass is 403 g/mol. The molecule has 0 aliphatic carbocycles. The van der Waals surface area contributed by atoms with E-state index in [-0.39, 0.29) is 18.9 Å². The maximum absolute atomic E-state index is 12.6. The minimum absolute atomic E-state index is 0.136. The quantitative estimate of drug-likeness (QED) is 0.766. The van der Waals surface area contributed by atoms with Gasteiger partial charge in [-0.2, -0.15) is 0 Å². The molecule has 27 heavy (non-hydrogen) atoms. The Labute approximate surface area is 165 Å². The van der Waals surface area contributed by atoms with Crippen molar-refractivity contribution in [2.75, 3.05) is 7.11 Å². The number of nitrogens with zero attached hydrogens (tertiary/aromatic N) is 2. The van der Waals surface area contributed by atoms with Crippen LogP contribution in [0.1, 0.15) is 12.0 Å². The Morgan fingerprint density at radius 1 is 1.26 bits per heavy atom. The lowest BCUT2D eigenvalue weighted by atomic mass is 10.2. The van der Waals surface area contributed by atoms with Crippen molar-refractivity contribution in [3.8, 4) is 5.75 Å². The van der Waals surface area contributed by atoms with E-state index in [1.54, 1.807) is 43.5 Å². The molecule has 0 radical (unpaired) electrons. The number of benzene rings is 2. The summed E-state index contributed by atoms with van der Waals surface area (Å²) in [6.45, 7) is 0.280. The second-order valence-electron chi connectivity index (χ2n) is 5.83. The minimum atomic E-state index is -1.28. The molecule has 6 nitrogen and oxygen atoms in total. The van der Waals surface area contributed by atoms with Gasteiger partial charge in [0, 0.05) is 11.4 Å². The molecule has 1 aliphatic heterocycles. The molecular formula is C19H16ClN2O4S-. The van der Waals surface area contributed by atoms with Crippen molar-refractivity contribution in [3.63, 3.8) is 0 Å². The van der Waals surface area contributed by atoms with Crippen LogP contribution < -0.4 is 9.84 Å². The summed E-state index contributed by atoms with van der Waals surface area (Å²) < 4.78 is 5.14. The number of aliphatic imine (C=N–C) groups is 1. The van der Waals surface area contributed by atoms with E-state index in [2.05, 4.69) is 4.99 Å². The normalized spacial score (nSPS) is 18.6. The predicted octanol–water partition coefficient (Wildman–Crippen LogP) is 2.62. The number of thioether (sulfide) groups is 1. The van der Waals surface area contributed by atoms with Crippen molar-refractivity contribution in [1.82, 2.24) is 4.90 Å². The van der Waals surface area contributed by atoms with E-state index in [1.165, 1.54) is 4.90 Å². The van der Waals surface area contributed by atoms with Crippen LogP contribution >= 0.6 is 23.4 Å².